The Morgan fingerprint density at radius 1 is 1.25 bits per heavy atom. The summed E-state index contributed by atoms with van der Waals surface area (Å²) >= 11 is 0. The van der Waals surface area contributed by atoms with Gasteiger partial charge in [0.05, 0.1) is 0 Å². The first-order valence-corrected chi connectivity index (χ1v) is 6.56. The fourth-order valence-electron chi connectivity index (χ4n) is 2.17. The quantitative estimate of drug-likeness (QED) is 0.721. The maximum absolute atomic E-state index is 3.52. The molecular formula is C15H23N. The lowest BCUT2D eigenvalue weighted by atomic mass is 10.0. The average Bonchev–Trinajstić information content (AvgIpc) is 3.08. The lowest BCUT2D eigenvalue weighted by molar-refractivity contribution is 0.554. The van der Waals surface area contributed by atoms with Crippen molar-refractivity contribution in [1.82, 2.24) is 5.32 Å². The minimum Gasteiger partial charge on any atom is -0.316 e. The lowest BCUT2D eigenvalue weighted by Crippen LogP contribution is -2.22. The summed E-state index contributed by atoms with van der Waals surface area (Å²) in [4.78, 5) is 0. The molecule has 1 aromatic rings. The molecule has 88 valence electrons. The Bertz CT molecular complexity index is 326. The summed E-state index contributed by atoms with van der Waals surface area (Å²) < 4.78 is 0. The van der Waals surface area contributed by atoms with Crippen LogP contribution in [0.2, 0.25) is 0 Å². The van der Waals surface area contributed by atoms with Gasteiger partial charge in [0.1, 0.15) is 0 Å². The van der Waals surface area contributed by atoms with Crippen molar-refractivity contribution < 1.29 is 0 Å². The first kappa shape index (κ1) is 11.7. The van der Waals surface area contributed by atoms with Crippen molar-refractivity contribution in [3.05, 3.63) is 35.4 Å². The van der Waals surface area contributed by atoms with E-state index in [2.05, 4.69) is 43.4 Å². The summed E-state index contributed by atoms with van der Waals surface area (Å²) in [6, 6.07) is 8.96. The van der Waals surface area contributed by atoms with Crippen molar-refractivity contribution in [3.8, 4) is 0 Å². The Balaban J connectivity index is 1.84. The number of hydrogen-bond acceptors (Lipinski definition) is 1. The average molecular weight is 217 g/mol. The smallest absolute Gasteiger partial charge is 0.000814 e. The van der Waals surface area contributed by atoms with Crippen LogP contribution in [0.5, 0.6) is 0 Å². The zero-order valence-corrected chi connectivity index (χ0v) is 10.5. The fourth-order valence-corrected chi connectivity index (χ4v) is 2.17. The van der Waals surface area contributed by atoms with E-state index < -0.39 is 0 Å². The highest BCUT2D eigenvalue weighted by molar-refractivity contribution is 5.33. The van der Waals surface area contributed by atoms with Crippen LogP contribution in [-0.2, 0) is 6.42 Å². The van der Waals surface area contributed by atoms with Crippen LogP contribution in [0.15, 0.2) is 24.3 Å². The molecule has 16 heavy (non-hydrogen) atoms. The zero-order valence-electron chi connectivity index (χ0n) is 10.5. The molecule has 2 rings (SSSR count). The number of nitrogens with one attached hydrogen (secondary N) is 1. The Morgan fingerprint density at radius 2 is 2.00 bits per heavy atom. The maximum atomic E-state index is 3.52. The van der Waals surface area contributed by atoms with E-state index in [1.807, 2.05) is 0 Å². The lowest BCUT2D eigenvalue weighted by Gasteiger charge is -2.10. The van der Waals surface area contributed by atoms with E-state index in [4.69, 9.17) is 0 Å². The third kappa shape index (κ3) is 3.34. The van der Waals surface area contributed by atoms with Gasteiger partial charge in [-0.05, 0) is 55.3 Å². The van der Waals surface area contributed by atoms with Crippen LogP contribution in [0.3, 0.4) is 0 Å². The van der Waals surface area contributed by atoms with E-state index >= 15 is 0 Å². The molecule has 1 aliphatic rings. The van der Waals surface area contributed by atoms with Gasteiger partial charge in [0.15, 0.2) is 0 Å². The molecule has 0 heterocycles. The number of benzene rings is 1. The van der Waals surface area contributed by atoms with Crippen molar-refractivity contribution in [2.24, 2.45) is 5.92 Å². The van der Waals surface area contributed by atoms with Crippen molar-refractivity contribution in [1.29, 1.82) is 0 Å². The summed E-state index contributed by atoms with van der Waals surface area (Å²) in [5.41, 5.74) is 3.16. The standard InChI is InChI=1S/C15H23N/c1-12(2)11-16-10-9-13-5-3-4-6-15(13)14-7-8-14/h3-6,12,14,16H,7-11H2,1-2H3. The predicted molar refractivity (Wildman–Crippen MR) is 69.8 cm³/mol. The minimum atomic E-state index is 0.749. The third-order valence-electron chi connectivity index (χ3n) is 3.20. The van der Waals surface area contributed by atoms with Gasteiger partial charge in [0, 0.05) is 0 Å². The Hall–Kier alpha value is -0.820. The first-order valence-electron chi connectivity index (χ1n) is 6.56. The topological polar surface area (TPSA) is 12.0 Å². The molecule has 0 aliphatic heterocycles. The molecule has 1 nitrogen and oxygen atoms in total. The molecule has 1 aliphatic carbocycles. The van der Waals surface area contributed by atoms with E-state index in [1.165, 1.54) is 19.3 Å². The number of rotatable bonds is 6. The van der Waals surface area contributed by atoms with E-state index in [-0.39, 0.29) is 0 Å². The molecule has 1 fully saturated rings. The van der Waals surface area contributed by atoms with Crippen LogP contribution in [-0.4, -0.2) is 13.1 Å². The molecule has 0 radical (unpaired) electrons. The second-order valence-electron chi connectivity index (χ2n) is 5.32. The van der Waals surface area contributed by atoms with Gasteiger partial charge >= 0.3 is 0 Å². The predicted octanol–water partition coefficient (Wildman–Crippen LogP) is 3.35. The van der Waals surface area contributed by atoms with Gasteiger partial charge in [0.2, 0.25) is 0 Å². The highest BCUT2D eigenvalue weighted by Crippen LogP contribution is 2.41. The monoisotopic (exact) mass is 217 g/mol. The summed E-state index contributed by atoms with van der Waals surface area (Å²) in [7, 11) is 0. The van der Waals surface area contributed by atoms with Crippen LogP contribution in [0.4, 0.5) is 0 Å². The van der Waals surface area contributed by atoms with Gasteiger partial charge in [-0.15, -0.1) is 0 Å². The van der Waals surface area contributed by atoms with Crippen molar-refractivity contribution >= 4 is 0 Å². The largest absolute Gasteiger partial charge is 0.316 e. The molecule has 0 saturated heterocycles. The fraction of sp³-hybridized carbons (Fsp3) is 0.600. The Kier molecular flexibility index (Phi) is 4.00. The second-order valence-corrected chi connectivity index (χ2v) is 5.32. The van der Waals surface area contributed by atoms with Gasteiger partial charge in [-0.3, -0.25) is 0 Å². The maximum Gasteiger partial charge on any atom is -0.000814 e. The molecule has 0 spiro atoms. The molecule has 1 saturated carbocycles. The molecule has 0 amide bonds. The minimum absolute atomic E-state index is 0.749. The summed E-state index contributed by atoms with van der Waals surface area (Å²) in [6.07, 6.45) is 3.98. The second kappa shape index (κ2) is 5.49. The molecule has 1 aromatic carbocycles. The normalized spacial score (nSPS) is 15.7. The van der Waals surface area contributed by atoms with Crippen molar-refractivity contribution in [3.63, 3.8) is 0 Å². The van der Waals surface area contributed by atoms with E-state index in [0.29, 0.717) is 0 Å². The van der Waals surface area contributed by atoms with E-state index in [9.17, 15) is 0 Å². The van der Waals surface area contributed by atoms with Gasteiger partial charge in [0.25, 0.3) is 0 Å². The molecule has 1 N–H and O–H groups in total. The van der Waals surface area contributed by atoms with Crippen LogP contribution in [0.1, 0.15) is 43.7 Å². The van der Waals surface area contributed by atoms with Crippen LogP contribution in [0, 0.1) is 5.92 Å². The Morgan fingerprint density at radius 3 is 2.69 bits per heavy atom. The Labute approximate surface area is 99.3 Å². The summed E-state index contributed by atoms with van der Waals surface area (Å²) in [5.74, 6) is 1.62. The summed E-state index contributed by atoms with van der Waals surface area (Å²) in [6.45, 7) is 6.75. The van der Waals surface area contributed by atoms with E-state index in [1.54, 1.807) is 11.1 Å². The third-order valence-corrected chi connectivity index (χ3v) is 3.20. The van der Waals surface area contributed by atoms with Crippen LogP contribution < -0.4 is 5.32 Å². The van der Waals surface area contributed by atoms with E-state index in [0.717, 1.165) is 24.9 Å². The molecule has 0 aromatic heterocycles. The first-order chi connectivity index (χ1) is 7.77. The molecule has 0 unspecified atom stereocenters. The molecule has 0 atom stereocenters. The highest BCUT2D eigenvalue weighted by atomic mass is 14.8. The molecule has 0 bridgehead atoms. The van der Waals surface area contributed by atoms with Crippen molar-refractivity contribution in [2.45, 2.75) is 39.0 Å². The summed E-state index contributed by atoms with van der Waals surface area (Å²) in [5, 5.41) is 3.52. The van der Waals surface area contributed by atoms with Gasteiger partial charge < -0.3 is 5.32 Å². The van der Waals surface area contributed by atoms with Crippen LogP contribution in [0.25, 0.3) is 0 Å². The number of hydrogen-bond donors (Lipinski definition) is 1. The van der Waals surface area contributed by atoms with Gasteiger partial charge in [-0.25, -0.2) is 0 Å². The highest BCUT2D eigenvalue weighted by Gasteiger charge is 2.25. The SMILES string of the molecule is CC(C)CNCCc1ccccc1C1CC1. The molecule has 1 heteroatoms. The molecular weight excluding hydrogens is 194 g/mol. The van der Waals surface area contributed by atoms with Gasteiger partial charge in [-0.1, -0.05) is 38.1 Å². The zero-order chi connectivity index (χ0) is 11.4. The van der Waals surface area contributed by atoms with Crippen LogP contribution >= 0.6 is 0 Å². The van der Waals surface area contributed by atoms with Gasteiger partial charge in [-0.2, -0.15) is 0 Å². The van der Waals surface area contributed by atoms with Crippen molar-refractivity contribution in [2.75, 3.05) is 13.1 Å².